The number of allylic oxidation sites excluding steroid dienone is 2. The van der Waals surface area contributed by atoms with Crippen LogP contribution in [0, 0.1) is 0 Å². The Morgan fingerprint density at radius 1 is 1.36 bits per heavy atom. The molecule has 0 radical (unpaired) electrons. The molecule has 1 aromatic rings. The molecule has 1 aliphatic carbocycles. The highest BCUT2D eigenvalue weighted by Gasteiger charge is 2.23. The normalized spacial score (nSPS) is 28.0. The maximum Gasteiger partial charge on any atom is 0.189 e. The zero-order valence-corrected chi connectivity index (χ0v) is 6.82. The van der Waals surface area contributed by atoms with Crippen molar-refractivity contribution in [1.82, 2.24) is 0 Å². The van der Waals surface area contributed by atoms with Crippen molar-refractivity contribution in [3.8, 4) is 0 Å². The number of Topliss-reactive ketones (excluding diaryl/α,β-unsaturated/α-hetero) is 1. The van der Waals surface area contributed by atoms with Crippen LogP contribution in [-0.4, -0.2) is 11.6 Å². The molecule has 0 heterocycles. The van der Waals surface area contributed by atoms with Crippen LogP contribution >= 0.6 is 0 Å². The van der Waals surface area contributed by atoms with E-state index in [4.69, 9.17) is 13.7 Å². The van der Waals surface area contributed by atoms with E-state index < -0.39 is 71.7 Å². The second-order valence-corrected chi connectivity index (χ2v) is 2.53. The van der Waals surface area contributed by atoms with Crippen LogP contribution in [0.25, 0.3) is 0 Å². The van der Waals surface area contributed by atoms with Crippen LogP contribution in [0.2, 0.25) is 0 Å². The van der Waals surface area contributed by atoms with Gasteiger partial charge in [-0.2, -0.15) is 0 Å². The fourth-order valence-corrected chi connectivity index (χ4v) is 1.10. The lowest BCUT2D eigenvalue weighted by atomic mass is 9.88. The number of hydrogen-bond acceptors (Lipinski definition) is 2. The largest absolute Gasteiger partial charge is 0.289 e. The summed E-state index contributed by atoms with van der Waals surface area (Å²) in [5, 5.41) is 0. The highest BCUT2D eigenvalue weighted by molar-refractivity contribution is 6.24. The quantitative estimate of drug-likeness (QED) is 0.691. The minimum Gasteiger partial charge on any atom is -0.289 e. The predicted octanol–water partition coefficient (Wildman–Crippen LogP) is 2.40. The minimum atomic E-state index is -3.35. The van der Waals surface area contributed by atoms with Gasteiger partial charge in [0.2, 0.25) is 0 Å². The average molecular weight is 196 g/mol. The standard InChI is InChI=1S/C12H10O2/c1-2-8-7-11(13)9-5-3-4-6-10(9)12(8)14/h3-7H,2H2,1H3/i1D3,2D2,3D,4D,5D,6D,7D. The van der Waals surface area contributed by atoms with E-state index in [0.29, 0.717) is 0 Å². The van der Waals surface area contributed by atoms with Crippen molar-refractivity contribution in [2.45, 2.75) is 13.2 Å². The second kappa shape index (κ2) is 3.22. The van der Waals surface area contributed by atoms with Gasteiger partial charge in [-0.05, 0) is 12.4 Å². The van der Waals surface area contributed by atoms with Gasteiger partial charge in [0, 0.05) is 23.6 Å². The smallest absolute Gasteiger partial charge is 0.189 e. The number of fused-ring (bicyclic) bond motifs is 1. The SMILES string of the molecule is [2H]C1=C(C([2H])([2H])C([2H])([2H])[2H])C(=O)c2c([2H])c([2H])c([2H])c([2H])c2C1=O. The van der Waals surface area contributed by atoms with Crippen LogP contribution in [0.5, 0.6) is 0 Å². The number of rotatable bonds is 1. The van der Waals surface area contributed by atoms with Gasteiger partial charge in [0.25, 0.3) is 0 Å². The van der Waals surface area contributed by atoms with Crippen molar-refractivity contribution >= 4 is 11.6 Å². The Kier molecular flexibility index (Phi) is 0.665. The van der Waals surface area contributed by atoms with Gasteiger partial charge in [0.1, 0.15) is 0 Å². The molecule has 1 aromatic carbocycles. The fourth-order valence-electron chi connectivity index (χ4n) is 1.10. The van der Waals surface area contributed by atoms with Crippen LogP contribution in [-0.2, 0) is 0 Å². The number of hydrogen-bond donors (Lipinski definition) is 0. The number of benzene rings is 1. The molecule has 2 heteroatoms. The number of carbonyl (C=O) groups is 2. The van der Waals surface area contributed by atoms with Crippen molar-refractivity contribution < 1.29 is 23.3 Å². The van der Waals surface area contributed by atoms with E-state index in [9.17, 15) is 9.59 Å². The molecular formula is C12H10O2. The first-order valence-corrected chi connectivity index (χ1v) is 3.66. The third-order valence-corrected chi connectivity index (χ3v) is 1.73. The van der Waals surface area contributed by atoms with E-state index in [2.05, 4.69) is 0 Å². The molecule has 0 saturated carbocycles. The highest BCUT2D eigenvalue weighted by atomic mass is 16.1. The van der Waals surface area contributed by atoms with Crippen molar-refractivity contribution in [2.24, 2.45) is 0 Å². The molecule has 0 saturated heterocycles. The molecule has 0 aliphatic heterocycles. The zero-order valence-electron chi connectivity index (χ0n) is 16.8. The summed E-state index contributed by atoms with van der Waals surface area (Å²) in [6.45, 7) is -3.35. The summed E-state index contributed by atoms with van der Waals surface area (Å²) in [6, 6.07) is -4.53. The Morgan fingerprint density at radius 2 is 2.07 bits per heavy atom. The predicted molar refractivity (Wildman–Crippen MR) is 53.5 cm³/mol. The molecule has 0 unspecified atom stereocenters. The molecule has 0 fully saturated rings. The highest BCUT2D eigenvalue weighted by Crippen LogP contribution is 2.22. The molecule has 14 heavy (non-hydrogen) atoms. The van der Waals surface area contributed by atoms with Crippen molar-refractivity contribution in [2.75, 3.05) is 0 Å². The second-order valence-electron chi connectivity index (χ2n) is 2.53. The maximum atomic E-state index is 12.5. The van der Waals surface area contributed by atoms with Gasteiger partial charge in [-0.3, -0.25) is 9.59 Å². The van der Waals surface area contributed by atoms with Gasteiger partial charge >= 0.3 is 0 Å². The molecule has 1 aliphatic rings. The van der Waals surface area contributed by atoms with E-state index in [1.807, 2.05) is 0 Å². The minimum absolute atomic E-state index is 0.749. The molecule has 2 rings (SSSR count). The summed E-state index contributed by atoms with van der Waals surface area (Å²) in [6.07, 6.45) is -3.33. The number of ketones is 2. The molecule has 2 nitrogen and oxygen atoms in total. The first kappa shape index (κ1) is 2.89. The first-order chi connectivity index (χ1) is 10.7. The van der Waals surface area contributed by atoms with Crippen molar-refractivity contribution in [1.29, 1.82) is 0 Å². The summed E-state index contributed by atoms with van der Waals surface area (Å²) in [5.41, 5.74) is -2.80. The van der Waals surface area contributed by atoms with Crippen LogP contribution in [0.15, 0.2) is 35.8 Å². The van der Waals surface area contributed by atoms with Gasteiger partial charge in [0.05, 0.1) is 6.85 Å². The Balaban J connectivity index is 2.90. The van der Waals surface area contributed by atoms with Gasteiger partial charge in [-0.1, -0.05) is 31.0 Å². The summed E-state index contributed by atoms with van der Waals surface area (Å²) in [4.78, 5) is 24.8. The number of carbonyl (C=O) groups excluding carboxylic acids is 2. The monoisotopic (exact) mass is 196 g/mol. The average Bonchev–Trinajstić information content (AvgIpc) is 2.45. The Labute approximate surface area is 96.3 Å². The van der Waals surface area contributed by atoms with E-state index in [-0.39, 0.29) is 0 Å². The Morgan fingerprint density at radius 3 is 2.79 bits per heavy atom. The molecule has 0 spiro atoms. The molecule has 70 valence electrons. The van der Waals surface area contributed by atoms with Crippen molar-refractivity contribution in [3.05, 3.63) is 46.9 Å². The summed E-state index contributed by atoms with van der Waals surface area (Å²) in [5.74, 6) is -2.72. The van der Waals surface area contributed by atoms with Gasteiger partial charge < -0.3 is 0 Å². The molecular weight excluding hydrogens is 176 g/mol. The Bertz CT molecular complexity index is 818. The van der Waals surface area contributed by atoms with Crippen molar-refractivity contribution in [3.63, 3.8) is 0 Å². The van der Waals surface area contributed by atoms with E-state index in [1.165, 1.54) is 0 Å². The fraction of sp³-hybridized carbons (Fsp3) is 0.167. The molecule has 0 bridgehead atoms. The first-order valence-electron chi connectivity index (χ1n) is 8.66. The summed E-state index contributed by atoms with van der Waals surface area (Å²) >= 11 is 0. The van der Waals surface area contributed by atoms with Crippen LogP contribution in [0.4, 0.5) is 0 Å². The third kappa shape index (κ3) is 1.20. The van der Waals surface area contributed by atoms with Crippen LogP contribution in [0.3, 0.4) is 0 Å². The van der Waals surface area contributed by atoms with E-state index in [0.717, 1.165) is 0 Å². The maximum absolute atomic E-state index is 12.5. The lowest BCUT2D eigenvalue weighted by molar-refractivity contribution is 0.0982. The molecule has 0 N–H and O–H groups in total. The topological polar surface area (TPSA) is 34.1 Å². The zero-order chi connectivity index (χ0) is 18.8. The van der Waals surface area contributed by atoms with E-state index >= 15 is 0 Å². The summed E-state index contributed by atoms with van der Waals surface area (Å²) in [7, 11) is 0. The Hall–Kier alpha value is -1.70. The van der Waals surface area contributed by atoms with E-state index in [1.54, 1.807) is 0 Å². The molecule has 0 aromatic heterocycles. The van der Waals surface area contributed by atoms with Gasteiger partial charge in [-0.25, -0.2) is 0 Å². The molecule has 0 amide bonds. The van der Waals surface area contributed by atoms with Gasteiger partial charge in [-0.15, -0.1) is 0 Å². The lowest BCUT2D eigenvalue weighted by Crippen LogP contribution is -2.16. The summed E-state index contributed by atoms with van der Waals surface area (Å²) < 4.78 is 75.1. The third-order valence-electron chi connectivity index (χ3n) is 1.73. The van der Waals surface area contributed by atoms with Gasteiger partial charge in [0.15, 0.2) is 11.6 Å². The van der Waals surface area contributed by atoms with Crippen LogP contribution in [0.1, 0.15) is 47.6 Å². The van der Waals surface area contributed by atoms with Crippen LogP contribution < -0.4 is 0 Å². The lowest BCUT2D eigenvalue weighted by Gasteiger charge is -2.12. The molecule has 0 atom stereocenters.